The molecular weight excluding hydrogens is 216 g/mol. The zero-order valence-corrected chi connectivity index (χ0v) is 8.13. The van der Waals surface area contributed by atoms with Gasteiger partial charge in [-0.1, -0.05) is 0 Å². The number of rotatable bonds is 5. The van der Waals surface area contributed by atoms with Gasteiger partial charge in [0.2, 0.25) is 0 Å². The Morgan fingerprint density at radius 3 is 2.43 bits per heavy atom. The summed E-state index contributed by atoms with van der Waals surface area (Å²) in [4.78, 5) is 20.6. The molecule has 3 N–H and O–H groups in total. The van der Waals surface area contributed by atoms with Crippen LogP contribution >= 0.6 is 0 Å². The molecule has 0 fully saturated rings. The number of hydrogen-bond acceptors (Lipinski definition) is 5. The maximum Gasteiger partial charge on any atom is 0.419 e. The van der Waals surface area contributed by atoms with Crippen LogP contribution in [0.25, 0.3) is 0 Å². The van der Waals surface area contributed by atoms with Crippen LogP contribution in [0.1, 0.15) is 6.92 Å². The van der Waals surface area contributed by atoms with Crippen LogP contribution in [0, 0.1) is 0 Å². The van der Waals surface area contributed by atoms with E-state index in [1.807, 2.05) is 0 Å². The molecule has 0 saturated carbocycles. The van der Waals surface area contributed by atoms with Gasteiger partial charge in [0.1, 0.15) is 6.54 Å². The molecule has 0 aliphatic carbocycles. The van der Waals surface area contributed by atoms with Gasteiger partial charge < -0.3 is 9.84 Å². The molecular formula is C5H10N2O6S. The Morgan fingerprint density at radius 1 is 1.43 bits per heavy atom. The summed E-state index contributed by atoms with van der Waals surface area (Å²) in [7, 11) is -4.19. The third kappa shape index (κ3) is 6.20. The molecule has 0 radical (unpaired) electrons. The highest BCUT2D eigenvalue weighted by atomic mass is 32.2. The molecule has 0 aromatic rings. The number of carbonyl (C=O) groups is 2. The minimum atomic E-state index is -4.19. The van der Waals surface area contributed by atoms with E-state index >= 15 is 0 Å². The van der Waals surface area contributed by atoms with Crippen LogP contribution in [-0.4, -0.2) is 38.7 Å². The van der Waals surface area contributed by atoms with Crippen LogP contribution in [0.15, 0.2) is 0 Å². The number of ether oxygens (including phenoxy) is 1. The van der Waals surface area contributed by atoms with Gasteiger partial charge in [-0.2, -0.15) is 13.1 Å². The second-order valence-corrected chi connectivity index (χ2v) is 3.54. The Labute approximate surface area is 80.4 Å². The van der Waals surface area contributed by atoms with Crippen LogP contribution in [0.3, 0.4) is 0 Å². The van der Waals surface area contributed by atoms with E-state index in [1.54, 1.807) is 11.6 Å². The van der Waals surface area contributed by atoms with Gasteiger partial charge >= 0.3 is 22.3 Å². The van der Waals surface area contributed by atoms with Crippen molar-refractivity contribution < 1.29 is 27.9 Å². The Bertz CT molecular complexity index is 310. The van der Waals surface area contributed by atoms with Gasteiger partial charge in [0.25, 0.3) is 0 Å². The van der Waals surface area contributed by atoms with Gasteiger partial charge in [0.15, 0.2) is 0 Å². The second-order valence-electron chi connectivity index (χ2n) is 2.04. The highest BCUT2D eigenvalue weighted by molar-refractivity contribution is 7.88. The fourth-order valence-electron chi connectivity index (χ4n) is 0.517. The molecule has 0 bridgehead atoms. The Morgan fingerprint density at radius 2 is 2.00 bits per heavy atom. The SMILES string of the molecule is CCOC(=O)CNS(=O)(=O)NC(=O)O. The second kappa shape index (κ2) is 5.40. The summed E-state index contributed by atoms with van der Waals surface area (Å²) in [6.45, 7) is 1.06. The molecule has 1 amide bonds. The lowest BCUT2D eigenvalue weighted by atomic mass is 10.7. The van der Waals surface area contributed by atoms with Gasteiger partial charge in [0, 0.05) is 0 Å². The smallest absolute Gasteiger partial charge is 0.419 e. The summed E-state index contributed by atoms with van der Waals surface area (Å²) in [6.07, 6.45) is -1.73. The van der Waals surface area contributed by atoms with E-state index in [0.29, 0.717) is 0 Å². The van der Waals surface area contributed by atoms with Crippen molar-refractivity contribution in [3.63, 3.8) is 0 Å². The molecule has 0 aliphatic heterocycles. The molecule has 0 aromatic heterocycles. The third-order valence-electron chi connectivity index (χ3n) is 0.934. The van der Waals surface area contributed by atoms with Gasteiger partial charge in [0.05, 0.1) is 6.61 Å². The summed E-state index contributed by atoms with van der Waals surface area (Å²) in [5.41, 5.74) is 0. The third-order valence-corrected chi connectivity index (χ3v) is 1.90. The fraction of sp³-hybridized carbons (Fsp3) is 0.600. The molecule has 82 valence electrons. The highest BCUT2D eigenvalue weighted by Crippen LogP contribution is 1.80. The minimum absolute atomic E-state index is 0.118. The lowest BCUT2D eigenvalue weighted by molar-refractivity contribution is -0.141. The average Bonchev–Trinajstić information content (AvgIpc) is 1.99. The Kier molecular flexibility index (Phi) is 4.87. The maximum atomic E-state index is 10.7. The van der Waals surface area contributed by atoms with Crippen LogP contribution < -0.4 is 9.44 Å². The van der Waals surface area contributed by atoms with Gasteiger partial charge in [-0.25, -0.2) is 9.52 Å². The van der Waals surface area contributed by atoms with Gasteiger partial charge in [-0.3, -0.25) is 4.79 Å². The van der Waals surface area contributed by atoms with Crippen molar-refractivity contribution in [3.05, 3.63) is 0 Å². The van der Waals surface area contributed by atoms with Crippen LogP contribution in [0.5, 0.6) is 0 Å². The van der Waals surface area contributed by atoms with E-state index in [0.717, 1.165) is 0 Å². The molecule has 8 nitrogen and oxygen atoms in total. The first-order chi connectivity index (χ1) is 6.37. The first-order valence-electron chi connectivity index (χ1n) is 3.53. The molecule has 0 aromatic carbocycles. The first kappa shape index (κ1) is 12.7. The van der Waals surface area contributed by atoms with Crippen molar-refractivity contribution in [2.75, 3.05) is 13.2 Å². The summed E-state index contributed by atoms with van der Waals surface area (Å²) in [5.74, 6) is -0.789. The van der Waals surface area contributed by atoms with E-state index < -0.39 is 28.8 Å². The molecule has 0 heterocycles. The van der Waals surface area contributed by atoms with Crippen molar-refractivity contribution in [1.82, 2.24) is 9.44 Å². The zero-order chi connectivity index (χ0) is 11.2. The van der Waals surface area contributed by atoms with E-state index in [4.69, 9.17) is 5.11 Å². The van der Waals surface area contributed by atoms with Crippen molar-refractivity contribution in [1.29, 1.82) is 0 Å². The van der Waals surface area contributed by atoms with Crippen molar-refractivity contribution in [2.24, 2.45) is 0 Å². The predicted molar refractivity (Wildman–Crippen MR) is 44.7 cm³/mol. The summed E-state index contributed by atoms with van der Waals surface area (Å²) < 4.78 is 28.7. The minimum Gasteiger partial charge on any atom is -0.465 e. The number of amides is 1. The van der Waals surface area contributed by atoms with Crippen molar-refractivity contribution in [2.45, 2.75) is 6.92 Å². The summed E-state index contributed by atoms with van der Waals surface area (Å²) >= 11 is 0. The molecule has 0 rings (SSSR count). The van der Waals surface area contributed by atoms with E-state index in [2.05, 4.69) is 4.74 Å². The lowest BCUT2D eigenvalue weighted by Gasteiger charge is -2.04. The first-order valence-corrected chi connectivity index (χ1v) is 5.01. The average molecular weight is 226 g/mol. The normalized spacial score (nSPS) is 10.6. The highest BCUT2D eigenvalue weighted by Gasteiger charge is 2.14. The number of nitrogens with one attached hydrogen (secondary N) is 2. The van der Waals surface area contributed by atoms with Crippen LogP contribution in [-0.2, 0) is 19.7 Å². The molecule has 0 unspecified atom stereocenters. The maximum absolute atomic E-state index is 10.7. The van der Waals surface area contributed by atoms with Crippen LogP contribution in [0.4, 0.5) is 4.79 Å². The monoisotopic (exact) mass is 226 g/mol. The number of carbonyl (C=O) groups excluding carboxylic acids is 1. The number of carboxylic acid groups (broad SMARTS) is 1. The topological polar surface area (TPSA) is 122 Å². The quantitative estimate of drug-likeness (QED) is 0.498. The van der Waals surface area contributed by atoms with E-state index in [1.165, 1.54) is 4.72 Å². The molecule has 0 atom stereocenters. The van der Waals surface area contributed by atoms with Crippen molar-refractivity contribution in [3.8, 4) is 0 Å². The number of esters is 1. The standard InChI is InChI=1S/C5H10N2O6S/c1-2-13-4(8)3-6-14(11,12)7-5(9)10/h6-7H,2-3H2,1H3,(H,9,10). The number of hydrogen-bond donors (Lipinski definition) is 3. The van der Waals surface area contributed by atoms with Gasteiger partial charge in [-0.15, -0.1) is 0 Å². The molecule has 9 heteroatoms. The summed E-state index contributed by atoms with van der Waals surface area (Å²) in [6, 6.07) is 0. The molecule has 0 aliphatic rings. The predicted octanol–water partition coefficient (Wildman–Crippen LogP) is -1.35. The largest absolute Gasteiger partial charge is 0.465 e. The zero-order valence-electron chi connectivity index (χ0n) is 7.31. The molecule has 14 heavy (non-hydrogen) atoms. The summed E-state index contributed by atoms with van der Waals surface area (Å²) in [5, 5.41) is 8.07. The fourth-order valence-corrected chi connectivity index (χ4v) is 1.13. The van der Waals surface area contributed by atoms with Gasteiger partial charge in [-0.05, 0) is 6.92 Å². The lowest BCUT2D eigenvalue weighted by Crippen LogP contribution is -2.42. The Balaban J connectivity index is 4.00. The van der Waals surface area contributed by atoms with E-state index in [9.17, 15) is 18.0 Å². The molecule has 0 saturated heterocycles. The Hall–Kier alpha value is -1.35. The van der Waals surface area contributed by atoms with E-state index in [-0.39, 0.29) is 6.61 Å². The molecule has 0 spiro atoms. The van der Waals surface area contributed by atoms with Crippen LogP contribution in [0.2, 0.25) is 0 Å². The van der Waals surface area contributed by atoms with Crippen molar-refractivity contribution >= 4 is 22.3 Å².